The van der Waals surface area contributed by atoms with Crippen molar-refractivity contribution in [1.29, 1.82) is 0 Å². The topological polar surface area (TPSA) is 53.4 Å². The van der Waals surface area contributed by atoms with E-state index in [0.717, 1.165) is 17.3 Å². The van der Waals surface area contributed by atoms with Crippen LogP contribution in [0.3, 0.4) is 0 Å². The second kappa shape index (κ2) is 6.48. The number of hydrogen-bond acceptors (Lipinski definition) is 3. The third-order valence-corrected chi connectivity index (χ3v) is 3.54. The van der Waals surface area contributed by atoms with Gasteiger partial charge in [-0.15, -0.1) is 0 Å². The highest BCUT2D eigenvalue weighted by molar-refractivity contribution is 5.97. The molecule has 0 fully saturated rings. The van der Waals surface area contributed by atoms with Crippen LogP contribution in [-0.4, -0.2) is 34.2 Å². The molecule has 4 nitrogen and oxygen atoms in total. The lowest BCUT2D eigenvalue weighted by Crippen LogP contribution is -2.35. The summed E-state index contributed by atoms with van der Waals surface area (Å²) in [6, 6.07) is 9.27. The van der Waals surface area contributed by atoms with Gasteiger partial charge in [-0.3, -0.25) is 9.78 Å². The number of carbonyl (C=O) groups excluding carboxylic acids is 1. The average molecular weight is 272 g/mol. The molecule has 1 unspecified atom stereocenters. The Morgan fingerprint density at radius 2 is 2.20 bits per heavy atom. The Labute approximate surface area is 119 Å². The van der Waals surface area contributed by atoms with E-state index < -0.39 is 0 Å². The Kier molecular flexibility index (Phi) is 4.69. The summed E-state index contributed by atoms with van der Waals surface area (Å²) in [7, 11) is 0. The first-order chi connectivity index (χ1) is 9.65. The fraction of sp³-hybridized carbons (Fsp3) is 0.375. The van der Waals surface area contributed by atoms with Crippen LogP contribution in [0.25, 0.3) is 10.9 Å². The van der Waals surface area contributed by atoms with Gasteiger partial charge in [0.15, 0.2) is 0 Å². The number of hydrogen-bond donors (Lipinski definition) is 1. The van der Waals surface area contributed by atoms with E-state index in [1.165, 1.54) is 4.90 Å². The predicted octanol–water partition coefficient (Wildman–Crippen LogP) is 2.67. The van der Waals surface area contributed by atoms with E-state index in [-0.39, 0.29) is 12.6 Å². The molecule has 1 aromatic carbocycles. The molecule has 4 heteroatoms. The zero-order chi connectivity index (χ0) is 14.5. The maximum Gasteiger partial charge on any atom is 0.255 e. The third kappa shape index (κ3) is 3.14. The highest BCUT2D eigenvalue weighted by atomic mass is 16.3. The number of carbonyl (C=O) groups is 1. The van der Waals surface area contributed by atoms with Gasteiger partial charge < -0.3 is 10.0 Å². The fourth-order valence-corrected chi connectivity index (χ4v) is 2.09. The summed E-state index contributed by atoms with van der Waals surface area (Å²) in [5.41, 5.74) is 1.35. The standard InChI is InChI=1S/C16H20N2O2/c1-3-12(2)10-18(11-19)16(20)14-7-6-13-5-4-8-17-15(13)9-14/h4-9,12,19H,3,10-11H2,1-2H3. The quantitative estimate of drug-likeness (QED) is 0.851. The van der Waals surface area contributed by atoms with Gasteiger partial charge in [-0.05, 0) is 24.1 Å². The summed E-state index contributed by atoms with van der Waals surface area (Å²) >= 11 is 0. The molecule has 0 aliphatic carbocycles. The summed E-state index contributed by atoms with van der Waals surface area (Å²) in [6.07, 6.45) is 2.68. The number of aromatic nitrogens is 1. The summed E-state index contributed by atoms with van der Waals surface area (Å²) < 4.78 is 0. The van der Waals surface area contributed by atoms with E-state index in [1.807, 2.05) is 18.2 Å². The number of benzene rings is 1. The number of amides is 1. The molecule has 1 heterocycles. The van der Waals surface area contributed by atoms with E-state index in [1.54, 1.807) is 18.3 Å². The number of fused-ring (bicyclic) bond motifs is 1. The molecule has 1 atom stereocenters. The Balaban J connectivity index is 2.24. The van der Waals surface area contributed by atoms with Crippen LogP contribution in [0, 0.1) is 5.92 Å². The number of aliphatic hydroxyl groups is 1. The lowest BCUT2D eigenvalue weighted by Gasteiger charge is -2.23. The first-order valence-corrected chi connectivity index (χ1v) is 6.90. The van der Waals surface area contributed by atoms with Crippen LogP contribution in [-0.2, 0) is 0 Å². The van der Waals surface area contributed by atoms with Gasteiger partial charge in [-0.1, -0.05) is 32.4 Å². The molecule has 1 N–H and O–H groups in total. The van der Waals surface area contributed by atoms with Gasteiger partial charge in [0.1, 0.15) is 6.73 Å². The Hall–Kier alpha value is -1.94. The normalized spacial score (nSPS) is 12.3. The molecule has 2 aromatic rings. The number of nitrogens with zero attached hydrogens (tertiary/aromatic N) is 2. The molecule has 106 valence electrons. The minimum absolute atomic E-state index is 0.152. The van der Waals surface area contributed by atoms with Gasteiger partial charge in [0.2, 0.25) is 0 Å². The second-order valence-corrected chi connectivity index (χ2v) is 5.09. The maximum absolute atomic E-state index is 12.4. The molecule has 0 saturated carbocycles. The first-order valence-electron chi connectivity index (χ1n) is 6.90. The van der Waals surface area contributed by atoms with Gasteiger partial charge in [0, 0.05) is 23.7 Å². The maximum atomic E-state index is 12.4. The van der Waals surface area contributed by atoms with Crippen LogP contribution in [0.5, 0.6) is 0 Å². The van der Waals surface area contributed by atoms with Crippen molar-refractivity contribution >= 4 is 16.8 Å². The van der Waals surface area contributed by atoms with Crippen molar-refractivity contribution in [3.63, 3.8) is 0 Å². The highest BCUT2D eigenvalue weighted by Gasteiger charge is 2.17. The molecular weight excluding hydrogens is 252 g/mol. The number of pyridine rings is 1. The summed E-state index contributed by atoms with van der Waals surface area (Å²) in [6.45, 7) is 4.44. The van der Waals surface area contributed by atoms with Gasteiger partial charge in [0.05, 0.1) is 5.52 Å². The number of rotatable bonds is 5. The Morgan fingerprint density at radius 1 is 1.40 bits per heavy atom. The number of aliphatic hydroxyl groups excluding tert-OH is 1. The highest BCUT2D eigenvalue weighted by Crippen LogP contribution is 2.15. The van der Waals surface area contributed by atoms with Crippen molar-refractivity contribution in [2.45, 2.75) is 20.3 Å². The molecule has 0 spiro atoms. The first kappa shape index (κ1) is 14.5. The van der Waals surface area contributed by atoms with Crippen LogP contribution < -0.4 is 0 Å². The molecule has 0 bridgehead atoms. The smallest absolute Gasteiger partial charge is 0.255 e. The van der Waals surface area contributed by atoms with E-state index in [9.17, 15) is 9.90 Å². The van der Waals surface area contributed by atoms with E-state index in [4.69, 9.17) is 0 Å². The van der Waals surface area contributed by atoms with Gasteiger partial charge in [0.25, 0.3) is 5.91 Å². The van der Waals surface area contributed by atoms with Crippen molar-refractivity contribution in [3.05, 3.63) is 42.1 Å². The van der Waals surface area contributed by atoms with Crippen LogP contribution in [0.4, 0.5) is 0 Å². The van der Waals surface area contributed by atoms with Crippen molar-refractivity contribution in [2.24, 2.45) is 5.92 Å². The van der Waals surface area contributed by atoms with E-state index in [2.05, 4.69) is 18.8 Å². The average Bonchev–Trinajstić information content (AvgIpc) is 2.51. The molecule has 0 aliphatic heterocycles. The summed E-state index contributed by atoms with van der Waals surface area (Å²) in [4.78, 5) is 18.1. The molecule has 20 heavy (non-hydrogen) atoms. The van der Waals surface area contributed by atoms with Crippen molar-refractivity contribution in [2.75, 3.05) is 13.3 Å². The summed E-state index contributed by atoms with van der Waals surface area (Å²) in [5.74, 6) is 0.213. The zero-order valence-electron chi connectivity index (χ0n) is 11.9. The van der Waals surface area contributed by atoms with E-state index in [0.29, 0.717) is 18.0 Å². The Bertz CT molecular complexity index is 598. The molecule has 0 radical (unpaired) electrons. The second-order valence-electron chi connectivity index (χ2n) is 5.09. The largest absolute Gasteiger partial charge is 0.376 e. The molecular formula is C16H20N2O2. The zero-order valence-corrected chi connectivity index (χ0v) is 11.9. The molecule has 0 saturated heterocycles. The summed E-state index contributed by atoms with van der Waals surface area (Å²) in [5, 5.41) is 10.4. The molecule has 0 aliphatic rings. The van der Waals surface area contributed by atoms with Gasteiger partial charge in [-0.25, -0.2) is 0 Å². The lowest BCUT2D eigenvalue weighted by molar-refractivity contribution is 0.0511. The van der Waals surface area contributed by atoms with Crippen LogP contribution >= 0.6 is 0 Å². The Morgan fingerprint density at radius 3 is 2.90 bits per heavy atom. The molecule has 2 rings (SSSR count). The van der Waals surface area contributed by atoms with Crippen molar-refractivity contribution < 1.29 is 9.90 Å². The van der Waals surface area contributed by atoms with Crippen LogP contribution in [0.1, 0.15) is 30.6 Å². The lowest BCUT2D eigenvalue weighted by atomic mass is 10.1. The minimum Gasteiger partial charge on any atom is -0.376 e. The fourth-order valence-electron chi connectivity index (χ4n) is 2.09. The monoisotopic (exact) mass is 272 g/mol. The van der Waals surface area contributed by atoms with Gasteiger partial charge in [-0.2, -0.15) is 0 Å². The minimum atomic E-state index is -0.260. The van der Waals surface area contributed by atoms with Crippen molar-refractivity contribution in [1.82, 2.24) is 9.88 Å². The molecule has 1 amide bonds. The van der Waals surface area contributed by atoms with Gasteiger partial charge >= 0.3 is 0 Å². The molecule has 1 aromatic heterocycles. The third-order valence-electron chi connectivity index (χ3n) is 3.54. The SMILES string of the molecule is CCC(C)CN(CO)C(=O)c1ccc2cccnc2c1. The van der Waals surface area contributed by atoms with Crippen LogP contribution in [0.2, 0.25) is 0 Å². The van der Waals surface area contributed by atoms with E-state index >= 15 is 0 Å². The predicted molar refractivity (Wildman–Crippen MR) is 79.3 cm³/mol. The van der Waals surface area contributed by atoms with Crippen LogP contribution in [0.15, 0.2) is 36.5 Å². The van der Waals surface area contributed by atoms with Crippen molar-refractivity contribution in [3.8, 4) is 0 Å².